The summed E-state index contributed by atoms with van der Waals surface area (Å²) in [5.74, 6) is 0.0468. The van der Waals surface area contributed by atoms with Crippen LogP contribution < -0.4 is 0 Å². The number of aliphatic hydroxyl groups excluding tert-OH is 2. The van der Waals surface area contributed by atoms with E-state index in [0.717, 1.165) is 57.8 Å². The Kier molecular flexibility index (Phi) is 17.7. The predicted molar refractivity (Wildman–Crippen MR) is 82.8 cm³/mol. The average Bonchev–Trinajstić information content (AvgIpc) is 2.80. The van der Waals surface area contributed by atoms with Crippen molar-refractivity contribution in [1.29, 1.82) is 0 Å². The van der Waals surface area contributed by atoms with Crippen LogP contribution in [0.25, 0.3) is 0 Å². The average molecular weight is 572 g/mol. The fourth-order valence-electron chi connectivity index (χ4n) is 3.29. The number of hydrogen-bond acceptors (Lipinski definition) is 3. The second-order valence-electron chi connectivity index (χ2n) is 6.35. The third-order valence-corrected chi connectivity index (χ3v) is 4.71. The molecule has 0 aromatic rings. The van der Waals surface area contributed by atoms with E-state index >= 15 is 0 Å². The zero-order chi connectivity index (χ0) is 15.7. The molecule has 6 heteroatoms. The van der Waals surface area contributed by atoms with Crippen molar-refractivity contribution in [2.24, 2.45) is 11.8 Å². The third-order valence-electron chi connectivity index (χ3n) is 4.71. The number of carbonyl (C=O) groups is 1. The van der Waals surface area contributed by atoms with Crippen molar-refractivity contribution in [1.82, 2.24) is 0 Å². The number of unbranched alkanes of at least 4 members (excludes halogenated alkanes) is 3. The maximum absolute atomic E-state index is 10.4. The molecule has 0 aromatic heterocycles. The Labute approximate surface area is 180 Å². The minimum atomic E-state index is -0.711. The largest absolute Gasteiger partial charge is 0.481 e. The van der Waals surface area contributed by atoms with Crippen LogP contribution in [0.15, 0.2) is 0 Å². The molecule has 4 atom stereocenters. The first-order chi connectivity index (χ1) is 10.0. The summed E-state index contributed by atoms with van der Waals surface area (Å²) in [6, 6.07) is 0. The predicted octanol–water partition coefficient (Wildman–Crippen LogP) is 3.16. The second-order valence-corrected chi connectivity index (χ2v) is 6.35. The number of aliphatic hydroxyl groups is 2. The van der Waals surface area contributed by atoms with Crippen LogP contribution in [0.3, 0.4) is 0 Å². The molecule has 23 heavy (non-hydrogen) atoms. The van der Waals surface area contributed by atoms with E-state index in [4.69, 9.17) is 5.11 Å². The molecule has 0 saturated heterocycles. The Balaban J connectivity index is 0. The van der Waals surface area contributed by atoms with Gasteiger partial charge in [0.15, 0.2) is 0 Å². The minimum Gasteiger partial charge on any atom is -0.481 e. The van der Waals surface area contributed by atoms with Gasteiger partial charge in [0, 0.05) is 66.3 Å². The molecule has 4 nitrogen and oxygen atoms in total. The maximum atomic E-state index is 10.4. The van der Waals surface area contributed by atoms with Gasteiger partial charge in [0.05, 0.1) is 6.10 Å². The van der Waals surface area contributed by atoms with E-state index in [9.17, 15) is 15.0 Å². The molecular weight excluding hydrogens is 541 g/mol. The van der Waals surface area contributed by atoms with E-state index in [-0.39, 0.29) is 72.4 Å². The Bertz CT molecular complexity index is 304. The molecule has 1 saturated carbocycles. The summed E-state index contributed by atoms with van der Waals surface area (Å²) in [7, 11) is 0. The Morgan fingerprint density at radius 2 is 1.87 bits per heavy atom. The standard InChI is InChI=1S/C17H31O4.W.Y/c1-2-14(18)10-11-15-13(9-12-16(15)19)7-5-3-4-6-8-17(20)21;;/h9,13-16,18-19H,2-8,10-12H2,1H3,(H,20,21);;/q-1;;/t13-,14+,15-,16-;;/m1../s1. The maximum Gasteiger partial charge on any atom is 0.303 e. The van der Waals surface area contributed by atoms with Gasteiger partial charge in [-0.05, 0) is 31.6 Å². The number of carboxylic acids is 1. The first kappa shape index (κ1) is 26.4. The molecule has 1 rings (SSSR count). The van der Waals surface area contributed by atoms with E-state index in [0.29, 0.717) is 11.8 Å². The van der Waals surface area contributed by atoms with Crippen LogP contribution in [0.5, 0.6) is 0 Å². The Morgan fingerprint density at radius 3 is 2.48 bits per heavy atom. The second kappa shape index (κ2) is 15.4. The molecule has 0 amide bonds. The van der Waals surface area contributed by atoms with Crippen molar-refractivity contribution in [3.8, 4) is 0 Å². The van der Waals surface area contributed by atoms with E-state index < -0.39 is 5.97 Å². The number of hydrogen-bond donors (Lipinski definition) is 3. The van der Waals surface area contributed by atoms with Gasteiger partial charge < -0.3 is 21.7 Å². The van der Waals surface area contributed by atoms with Crippen LogP contribution >= 0.6 is 0 Å². The van der Waals surface area contributed by atoms with Crippen LogP contribution in [-0.4, -0.2) is 33.5 Å². The summed E-state index contributed by atoms with van der Waals surface area (Å²) in [6.07, 6.45) is 10.2. The number of rotatable bonds is 11. The van der Waals surface area contributed by atoms with Gasteiger partial charge in [0.2, 0.25) is 0 Å². The van der Waals surface area contributed by atoms with Gasteiger partial charge in [-0.1, -0.05) is 32.6 Å². The summed E-state index contributed by atoms with van der Waals surface area (Å²) in [5.41, 5.74) is 0. The van der Waals surface area contributed by atoms with E-state index in [1.165, 1.54) is 0 Å². The van der Waals surface area contributed by atoms with E-state index in [1.807, 2.05) is 6.92 Å². The fraction of sp³-hybridized carbons (Fsp3) is 0.882. The molecule has 0 aromatic carbocycles. The normalized spacial score (nSPS) is 24.6. The van der Waals surface area contributed by atoms with Crippen LogP contribution in [0, 0.1) is 18.3 Å². The van der Waals surface area contributed by atoms with Crippen molar-refractivity contribution in [2.45, 2.75) is 83.3 Å². The van der Waals surface area contributed by atoms with Crippen molar-refractivity contribution in [3.63, 3.8) is 0 Å². The summed E-state index contributed by atoms with van der Waals surface area (Å²) >= 11 is 0. The molecule has 3 N–H and O–H groups in total. The summed E-state index contributed by atoms with van der Waals surface area (Å²) in [4.78, 5) is 10.4. The van der Waals surface area contributed by atoms with Crippen molar-refractivity contribution < 1.29 is 73.9 Å². The van der Waals surface area contributed by atoms with Gasteiger partial charge in [-0.2, -0.15) is 12.3 Å². The van der Waals surface area contributed by atoms with E-state index in [1.54, 1.807) is 0 Å². The molecule has 1 aliphatic carbocycles. The summed E-state index contributed by atoms with van der Waals surface area (Å²) < 4.78 is 0. The molecule has 0 heterocycles. The van der Waals surface area contributed by atoms with Crippen molar-refractivity contribution in [3.05, 3.63) is 6.42 Å². The molecule has 0 bridgehead atoms. The topological polar surface area (TPSA) is 77.8 Å². The fourth-order valence-corrected chi connectivity index (χ4v) is 3.29. The molecule has 1 fully saturated rings. The SMILES string of the molecule is CC[C@H](O)CC[C@H]1[C@H](O)C[CH-][C@H]1CCCCCCC(=O)O.[W].[Y]. The van der Waals surface area contributed by atoms with Crippen LogP contribution in [-0.2, 0) is 58.6 Å². The molecular formula is C17H31O4WY-. The minimum absolute atomic E-state index is 0. The first-order valence-electron chi connectivity index (χ1n) is 8.45. The Morgan fingerprint density at radius 1 is 1.22 bits per heavy atom. The van der Waals surface area contributed by atoms with Gasteiger partial charge in [-0.3, -0.25) is 4.79 Å². The molecule has 0 aliphatic heterocycles. The summed E-state index contributed by atoms with van der Waals surface area (Å²) in [6.45, 7) is 1.98. The van der Waals surface area contributed by atoms with Crippen molar-refractivity contribution >= 4 is 5.97 Å². The zero-order valence-electron chi connectivity index (χ0n) is 14.2. The Hall–Kier alpha value is 1.18. The summed E-state index contributed by atoms with van der Waals surface area (Å²) in [5, 5.41) is 28.3. The van der Waals surface area contributed by atoms with Gasteiger partial charge in [0.25, 0.3) is 0 Å². The van der Waals surface area contributed by atoms with Crippen LogP contribution in [0.4, 0.5) is 0 Å². The van der Waals surface area contributed by atoms with Gasteiger partial charge >= 0.3 is 5.97 Å². The smallest absolute Gasteiger partial charge is 0.303 e. The third kappa shape index (κ3) is 11.4. The van der Waals surface area contributed by atoms with Gasteiger partial charge in [-0.25, -0.2) is 0 Å². The van der Waals surface area contributed by atoms with Crippen molar-refractivity contribution in [2.75, 3.05) is 0 Å². The first-order valence-corrected chi connectivity index (χ1v) is 8.45. The van der Waals surface area contributed by atoms with Gasteiger partial charge in [-0.15, -0.1) is 0 Å². The molecule has 1 aliphatic rings. The monoisotopic (exact) mass is 572 g/mol. The van der Waals surface area contributed by atoms with Gasteiger partial charge in [0.1, 0.15) is 0 Å². The number of carboxylic acid groups (broad SMARTS) is 1. The van der Waals surface area contributed by atoms with Crippen LogP contribution in [0.2, 0.25) is 0 Å². The molecule has 0 unspecified atom stereocenters. The molecule has 0 spiro atoms. The molecule has 133 valence electrons. The van der Waals surface area contributed by atoms with E-state index in [2.05, 4.69) is 6.42 Å². The zero-order valence-corrected chi connectivity index (χ0v) is 20.0. The number of aliphatic carboxylic acids is 1. The van der Waals surface area contributed by atoms with Crippen LogP contribution in [0.1, 0.15) is 71.1 Å². The molecule has 1 radical (unpaired) electrons. The quantitative estimate of drug-likeness (QED) is 0.263.